The highest BCUT2D eigenvalue weighted by Gasteiger charge is 2.36. The molecule has 0 fully saturated rings. The summed E-state index contributed by atoms with van der Waals surface area (Å²) in [5.74, 6) is 1.25. The molecule has 0 radical (unpaired) electrons. The number of carbonyl (C=O) groups is 1. The molecule has 0 N–H and O–H groups in total. The van der Waals surface area contributed by atoms with Gasteiger partial charge in [-0.2, -0.15) is 4.98 Å². The zero-order valence-corrected chi connectivity index (χ0v) is 17.8. The predicted octanol–water partition coefficient (Wildman–Crippen LogP) is 3.72. The third kappa shape index (κ3) is 3.41. The lowest BCUT2D eigenvalue weighted by Gasteiger charge is -2.30. The fourth-order valence-electron chi connectivity index (χ4n) is 3.37. The third-order valence-electron chi connectivity index (χ3n) is 4.74. The molecule has 2 heterocycles. The van der Waals surface area contributed by atoms with Crippen molar-refractivity contribution in [2.24, 2.45) is 0 Å². The molecule has 30 heavy (non-hydrogen) atoms. The summed E-state index contributed by atoms with van der Waals surface area (Å²) in [4.78, 5) is 18.9. The Morgan fingerprint density at radius 1 is 1.13 bits per heavy atom. The number of fused-ring (bicyclic) bond motifs is 3. The number of methoxy groups -OCH3 is 2. The van der Waals surface area contributed by atoms with Crippen molar-refractivity contribution in [2.45, 2.75) is 18.3 Å². The second kappa shape index (κ2) is 8.19. The first-order valence-corrected chi connectivity index (χ1v) is 10.4. The third-order valence-corrected chi connectivity index (χ3v) is 5.27. The van der Waals surface area contributed by atoms with Gasteiger partial charge in [0.25, 0.3) is 0 Å². The minimum Gasteiger partial charge on any atom is -0.497 e. The Hall–Kier alpha value is -3.33. The van der Waals surface area contributed by atoms with Gasteiger partial charge in [-0.25, -0.2) is 0 Å². The number of carbonyl (C=O) groups excluding carboxylic acids is 1. The average molecular weight is 424 g/mol. The number of ether oxygens (including phenoxy) is 3. The van der Waals surface area contributed by atoms with Gasteiger partial charge in [0.2, 0.25) is 23.2 Å². The Labute approximate surface area is 178 Å². The van der Waals surface area contributed by atoms with Crippen LogP contribution >= 0.6 is 11.8 Å². The van der Waals surface area contributed by atoms with E-state index in [-0.39, 0.29) is 5.91 Å². The largest absolute Gasteiger partial charge is 0.497 e. The van der Waals surface area contributed by atoms with E-state index >= 15 is 0 Å². The van der Waals surface area contributed by atoms with E-state index in [4.69, 9.17) is 14.2 Å². The number of aromatic nitrogens is 3. The molecule has 0 saturated heterocycles. The summed E-state index contributed by atoms with van der Waals surface area (Å²) >= 11 is 1.36. The van der Waals surface area contributed by atoms with Crippen LogP contribution in [-0.4, -0.2) is 41.6 Å². The van der Waals surface area contributed by atoms with Crippen LogP contribution in [0.2, 0.25) is 0 Å². The number of thioether (sulfide) groups is 1. The highest BCUT2D eigenvalue weighted by atomic mass is 32.2. The second-order valence-electron chi connectivity index (χ2n) is 6.44. The van der Waals surface area contributed by atoms with E-state index in [1.54, 1.807) is 37.3 Å². The number of hydrogen-bond acceptors (Lipinski definition) is 8. The van der Waals surface area contributed by atoms with Crippen molar-refractivity contribution in [2.75, 3.05) is 25.4 Å². The molecule has 4 rings (SSSR count). The molecule has 154 valence electrons. The SMILES string of the molecule is COc1ccc(OC)c([C@@H]2Oc3nc(SC)nnc3-c3ccccc3N2C(C)=O)c1. The fraction of sp³-hybridized carbons (Fsp3) is 0.238. The number of para-hydroxylation sites is 1. The predicted molar refractivity (Wildman–Crippen MR) is 113 cm³/mol. The van der Waals surface area contributed by atoms with E-state index in [0.717, 1.165) is 0 Å². The smallest absolute Gasteiger partial charge is 0.247 e. The first-order valence-electron chi connectivity index (χ1n) is 9.13. The zero-order valence-electron chi connectivity index (χ0n) is 16.9. The Balaban J connectivity index is 2.00. The molecule has 1 atom stereocenters. The quantitative estimate of drug-likeness (QED) is 0.586. The van der Waals surface area contributed by atoms with Crippen LogP contribution in [0, 0.1) is 0 Å². The second-order valence-corrected chi connectivity index (χ2v) is 7.21. The Morgan fingerprint density at radius 2 is 1.93 bits per heavy atom. The van der Waals surface area contributed by atoms with Crippen LogP contribution in [-0.2, 0) is 4.79 Å². The van der Waals surface area contributed by atoms with Gasteiger partial charge >= 0.3 is 0 Å². The maximum Gasteiger partial charge on any atom is 0.247 e. The van der Waals surface area contributed by atoms with Gasteiger partial charge in [0.15, 0.2) is 5.69 Å². The van der Waals surface area contributed by atoms with Crippen molar-refractivity contribution in [1.82, 2.24) is 15.2 Å². The summed E-state index contributed by atoms with van der Waals surface area (Å²) in [5.41, 5.74) is 2.45. The molecule has 0 unspecified atom stereocenters. The van der Waals surface area contributed by atoms with Gasteiger partial charge in [0, 0.05) is 12.5 Å². The number of benzene rings is 2. The van der Waals surface area contributed by atoms with Crippen molar-refractivity contribution < 1.29 is 19.0 Å². The molecule has 0 spiro atoms. The van der Waals surface area contributed by atoms with Crippen molar-refractivity contribution in [3.8, 4) is 28.6 Å². The summed E-state index contributed by atoms with van der Waals surface area (Å²) in [7, 11) is 3.15. The molecule has 9 heteroatoms. The number of hydrogen-bond donors (Lipinski definition) is 0. The van der Waals surface area contributed by atoms with Crippen LogP contribution in [0.4, 0.5) is 5.69 Å². The normalized spacial score (nSPS) is 14.8. The van der Waals surface area contributed by atoms with E-state index in [2.05, 4.69) is 15.2 Å². The molecule has 1 aliphatic heterocycles. The minimum absolute atomic E-state index is 0.205. The summed E-state index contributed by atoms with van der Waals surface area (Å²) < 4.78 is 17.3. The van der Waals surface area contributed by atoms with Gasteiger partial charge in [0.1, 0.15) is 11.5 Å². The fourth-order valence-corrected chi connectivity index (χ4v) is 3.67. The molecule has 0 saturated carbocycles. The summed E-state index contributed by atoms with van der Waals surface area (Å²) in [6.07, 6.45) is 1.01. The van der Waals surface area contributed by atoms with Gasteiger partial charge in [-0.05, 0) is 30.5 Å². The Morgan fingerprint density at radius 3 is 2.63 bits per heavy atom. The molecular formula is C21H20N4O4S. The highest BCUT2D eigenvalue weighted by molar-refractivity contribution is 7.98. The number of anilines is 1. The zero-order chi connectivity index (χ0) is 21.3. The first-order chi connectivity index (χ1) is 14.6. The average Bonchev–Trinajstić information content (AvgIpc) is 2.92. The summed E-state index contributed by atoms with van der Waals surface area (Å²) in [6, 6.07) is 12.8. The number of amides is 1. The van der Waals surface area contributed by atoms with Gasteiger partial charge in [0.05, 0.1) is 25.5 Å². The topological polar surface area (TPSA) is 86.7 Å². The van der Waals surface area contributed by atoms with Crippen molar-refractivity contribution in [3.05, 3.63) is 48.0 Å². The van der Waals surface area contributed by atoms with Crippen LogP contribution in [0.5, 0.6) is 17.4 Å². The van der Waals surface area contributed by atoms with E-state index in [1.807, 2.05) is 30.5 Å². The molecule has 1 aliphatic rings. The number of nitrogens with zero attached hydrogens (tertiary/aromatic N) is 4. The van der Waals surface area contributed by atoms with Crippen LogP contribution in [0.1, 0.15) is 18.7 Å². The molecule has 1 aromatic heterocycles. The summed E-state index contributed by atoms with van der Waals surface area (Å²) in [5, 5.41) is 8.96. The van der Waals surface area contributed by atoms with Crippen molar-refractivity contribution in [1.29, 1.82) is 0 Å². The molecule has 3 aromatic rings. The van der Waals surface area contributed by atoms with Gasteiger partial charge < -0.3 is 14.2 Å². The molecule has 8 nitrogen and oxygen atoms in total. The van der Waals surface area contributed by atoms with Crippen LogP contribution in [0.15, 0.2) is 47.6 Å². The number of rotatable bonds is 4. The van der Waals surface area contributed by atoms with E-state index in [9.17, 15) is 4.79 Å². The molecule has 0 aliphatic carbocycles. The van der Waals surface area contributed by atoms with E-state index in [1.165, 1.54) is 18.7 Å². The first kappa shape index (κ1) is 20.0. The maximum absolute atomic E-state index is 12.8. The van der Waals surface area contributed by atoms with Crippen LogP contribution in [0.25, 0.3) is 11.3 Å². The lowest BCUT2D eigenvalue weighted by atomic mass is 10.1. The highest BCUT2D eigenvalue weighted by Crippen LogP contribution is 2.45. The molecule has 2 aromatic carbocycles. The molecular weight excluding hydrogens is 404 g/mol. The van der Waals surface area contributed by atoms with E-state index in [0.29, 0.717) is 45.0 Å². The van der Waals surface area contributed by atoms with Gasteiger partial charge in [-0.15, -0.1) is 10.2 Å². The van der Waals surface area contributed by atoms with Crippen LogP contribution < -0.4 is 19.1 Å². The maximum atomic E-state index is 12.8. The monoisotopic (exact) mass is 424 g/mol. The Bertz CT molecular complexity index is 1110. The van der Waals surface area contributed by atoms with Gasteiger partial charge in [-0.1, -0.05) is 30.0 Å². The molecule has 0 bridgehead atoms. The van der Waals surface area contributed by atoms with Gasteiger partial charge in [-0.3, -0.25) is 9.69 Å². The standard InChI is InChI=1S/C21H20N4O4S/c1-12(26)25-16-8-6-5-7-14(16)18-19(22-21(30-4)24-23-18)29-20(25)15-11-13(27-2)9-10-17(15)28-3/h5-11,20H,1-4H3/t20-/m0/s1. The van der Waals surface area contributed by atoms with E-state index < -0.39 is 6.23 Å². The Kier molecular flexibility index (Phi) is 5.45. The van der Waals surface area contributed by atoms with Crippen molar-refractivity contribution in [3.63, 3.8) is 0 Å². The lowest BCUT2D eigenvalue weighted by Crippen LogP contribution is -2.36. The minimum atomic E-state index is -0.846. The molecule has 1 amide bonds. The van der Waals surface area contributed by atoms with Crippen molar-refractivity contribution >= 4 is 23.4 Å². The summed E-state index contributed by atoms with van der Waals surface area (Å²) in [6.45, 7) is 1.49. The lowest BCUT2D eigenvalue weighted by molar-refractivity contribution is -0.118. The van der Waals surface area contributed by atoms with Crippen LogP contribution in [0.3, 0.4) is 0 Å².